The van der Waals surface area contributed by atoms with Gasteiger partial charge in [-0.15, -0.1) is 0 Å². The first-order chi connectivity index (χ1) is 13.2. The second-order valence-corrected chi connectivity index (χ2v) is 9.19. The summed E-state index contributed by atoms with van der Waals surface area (Å²) in [4.78, 5) is 39.0. The Hall–Kier alpha value is -2.88. The number of rotatable bonds is 1. The van der Waals surface area contributed by atoms with Gasteiger partial charge in [-0.3, -0.25) is 4.79 Å². The van der Waals surface area contributed by atoms with Crippen molar-refractivity contribution in [2.75, 3.05) is 4.90 Å². The number of hydrogen-bond acceptors (Lipinski definition) is 6. The highest BCUT2D eigenvalue weighted by molar-refractivity contribution is 6.12. The molecule has 2 amide bonds. The normalized spacial score (nSPS) is 16.5. The fourth-order valence-corrected chi connectivity index (χ4v) is 3.13. The standard InChI is InChI=1S/C22H28N2O5/c1-13-8-11-17(25)18-14(13)9-10-16(15(18)12-23)24(19(26)28-21(2,3)4)20(27)29-22(5,6)7/h9-10,13H,8,11H2,1-7H3/t13-/m0/s1. The maximum absolute atomic E-state index is 12.9. The first-order valence-corrected chi connectivity index (χ1v) is 9.61. The summed E-state index contributed by atoms with van der Waals surface area (Å²) in [6.07, 6.45) is -0.942. The van der Waals surface area contributed by atoms with Crippen LogP contribution in [0.1, 0.15) is 88.7 Å². The van der Waals surface area contributed by atoms with Crippen LogP contribution in [0.4, 0.5) is 15.3 Å². The molecule has 0 saturated heterocycles. The Morgan fingerprint density at radius 1 is 1.07 bits per heavy atom. The third kappa shape index (κ3) is 5.14. The molecule has 0 aromatic heterocycles. The summed E-state index contributed by atoms with van der Waals surface area (Å²) < 4.78 is 10.7. The van der Waals surface area contributed by atoms with Gasteiger partial charge in [-0.1, -0.05) is 13.0 Å². The van der Waals surface area contributed by atoms with Crippen LogP contribution in [-0.4, -0.2) is 29.2 Å². The third-order valence-corrected chi connectivity index (χ3v) is 4.33. The van der Waals surface area contributed by atoms with Crippen LogP contribution < -0.4 is 4.90 Å². The van der Waals surface area contributed by atoms with Crippen molar-refractivity contribution in [2.24, 2.45) is 0 Å². The van der Waals surface area contributed by atoms with Crippen molar-refractivity contribution in [1.82, 2.24) is 0 Å². The summed E-state index contributed by atoms with van der Waals surface area (Å²) >= 11 is 0. The highest BCUT2D eigenvalue weighted by Gasteiger charge is 2.37. The number of nitrogens with zero attached hydrogens (tertiary/aromatic N) is 2. The average molecular weight is 400 g/mol. The SMILES string of the molecule is C[C@H]1CCC(=O)c2c1ccc(N(C(=O)OC(C)(C)C)C(=O)OC(C)(C)C)c2C#N. The minimum absolute atomic E-state index is 0.0165. The Morgan fingerprint density at radius 3 is 2.03 bits per heavy atom. The van der Waals surface area contributed by atoms with E-state index in [1.165, 1.54) is 6.07 Å². The first-order valence-electron chi connectivity index (χ1n) is 9.61. The highest BCUT2D eigenvalue weighted by Crippen LogP contribution is 2.37. The maximum atomic E-state index is 12.9. The minimum Gasteiger partial charge on any atom is -0.443 e. The van der Waals surface area contributed by atoms with Gasteiger partial charge in [0.1, 0.15) is 17.3 Å². The number of imide groups is 1. The molecule has 0 radical (unpaired) electrons. The van der Waals surface area contributed by atoms with Crippen molar-refractivity contribution < 1.29 is 23.9 Å². The molecular formula is C22H28N2O5. The van der Waals surface area contributed by atoms with Gasteiger partial charge in [0.15, 0.2) is 5.78 Å². The van der Waals surface area contributed by atoms with Crippen molar-refractivity contribution in [3.05, 3.63) is 28.8 Å². The zero-order valence-corrected chi connectivity index (χ0v) is 18.1. The van der Waals surface area contributed by atoms with Crippen molar-refractivity contribution in [3.8, 4) is 6.07 Å². The van der Waals surface area contributed by atoms with Crippen molar-refractivity contribution >= 4 is 23.7 Å². The molecule has 29 heavy (non-hydrogen) atoms. The van der Waals surface area contributed by atoms with Gasteiger partial charge in [-0.05, 0) is 65.5 Å². The molecular weight excluding hydrogens is 372 g/mol. The van der Waals surface area contributed by atoms with Crippen molar-refractivity contribution in [2.45, 2.75) is 78.4 Å². The van der Waals surface area contributed by atoms with E-state index in [2.05, 4.69) is 0 Å². The Labute approximate surface area is 171 Å². The monoisotopic (exact) mass is 400 g/mol. The van der Waals surface area contributed by atoms with Gasteiger partial charge in [-0.25, -0.2) is 9.59 Å². The molecule has 0 N–H and O–H groups in total. The molecule has 0 heterocycles. The van der Waals surface area contributed by atoms with E-state index in [9.17, 15) is 19.6 Å². The van der Waals surface area contributed by atoms with Gasteiger partial charge < -0.3 is 9.47 Å². The molecule has 1 aromatic rings. The minimum atomic E-state index is -0.973. The van der Waals surface area contributed by atoms with Crippen LogP contribution in [0.2, 0.25) is 0 Å². The summed E-state index contributed by atoms with van der Waals surface area (Å²) in [5, 5.41) is 9.82. The average Bonchev–Trinajstić information content (AvgIpc) is 2.54. The maximum Gasteiger partial charge on any atom is 0.424 e. The van der Waals surface area contributed by atoms with Crippen LogP contribution in [0.25, 0.3) is 0 Å². The molecule has 0 fully saturated rings. The summed E-state index contributed by atoms with van der Waals surface area (Å²) in [7, 11) is 0. The summed E-state index contributed by atoms with van der Waals surface area (Å²) in [5.74, 6) is -0.0785. The topological polar surface area (TPSA) is 96.7 Å². The Balaban J connectivity index is 2.66. The number of hydrogen-bond donors (Lipinski definition) is 0. The molecule has 7 nitrogen and oxygen atoms in total. The van der Waals surface area contributed by atoms with Crippen molar-refractivity contribution in [3.63, 3.8) is 0 Å². The Morgan fingerprint density at radius 2 is 1.59 bits per heavy atom. The second-order valence-electron chi connectivity index (χ2n) is 9.19. The molecule has 2 rings (SSSR count). The van der Waals surface area contributed by atoms with Gasteiger partial charge in [0, 0.05) is 12.0 Å². The lowest BCUT2D eigenvalue weighted by Gasteiger charge is -2.30. The molecule has 0 spiro atoms. The third-order valence-electron chi connectivity index (χ3n) is 4.33. The number of carbonyl (C=O) groups is 3. The molecule has 1 aliphatic rings. The van der Waals surface area contributed by atoms with E-state index in [0.717, 1.165) is 5.56 Å². The number of ether oxygens (including phenoxy) is 2. The lowest BCUT2D eigenvalue weighted by molar-refractivity contribution is 0.0430. The lowest BCUT2D eigenvalue weighted by atomic mass is 9.80. The van der Waals surface area contributed by atoms with Crippen LogP contribution in [0, 0.1) is 11.3 Å². The summed E-state index contributed by atoms with van der Waals surface area (Å²) in [6, 6.07) is 5.20. The number of nitriles is 1. The van der Waals surface area contributed by atoms with Gasteiger partial charge in [-0.2, -0.15) is 10.2 Å². The second kappa shape index (κ2) is 7.86. The van der Waals surface area contributed by atoms with E-state index in [0.29, 0.717) is 17.7 Å². The highest BCUT2D eigenvalue weighted by atomic mass is 16.6. The predicted octanol–water partition coefficient (Wildman–Crippen LogP) is 5.31. The van der Waals surface area contributed by atoms with E-state index in [4.69, 9.17) is 9.47 Å². The van der Waals surface area contributed by atoms with E-state index in [1.807, 2.05) is 13.0 Å². The van der Waals surface area contributed by atoms with Gasteiger partial charge in [0.2, 0.25) is 0 Å². The summed E-state index contributed by atoms with van der Waals surface area (Å²) in [5.41, 5.74) is -0.769. The lowest BCUT2D eigenvalue weighted by Crippen LogP contribution is -2.44. The number of amides is 2. The zero-order chi connectivity index (χ0) is 22.1. The molecule has 1 aromatic carbocycles. The smallest absolute Gasteiger partial charge is 0.424 e. The quantitative estimate of drug-likeness (QED) is 0.633. The van der Waals surface area contributed by atoms with Gasteiger partial charge in [0.05, 0.1) is 11.3 Å². The van der Waals surface area contributed by atoms with Gasteiger partial charge >= 0.3 is 12.2 Å². The summed E-state index contributed by atoms with van der Waals surface area (Å²) in [6.45, 7) is 12.0. The number of ketones is 1. The van der Waals surface area contributed by atoms with E-state index in [1.54, 1.807) is 47.6 Å². The zero-order valence-electron chi connectivity index (χ0n) is 18.1. The van der Waals surface area contributed by atoms with Crippen LogP contribution in [0.3, 0.4) is 0 Å². The fraction of sp³-hybridized carbons (Fsp3) is 0.545. The number of carbonyl (C=O) groups excluding carboxylic acids is 3. The van der Waals surface area contributed by atoms with E-state index < -0.39 is 23.4 Å². The fourth-order valence-electron chi connectivity index (χ4n) is 3.13. The van der Waals surface area contributed by atoms with Crippen LogP contribution in [-0.2, 0) is 9.47 Å². The molecule has 156 valence electrons. The largest absolute Gasteiger partial charge is 0.443 e. The van der Waals surface area contributed by atoms with Crippen LogP contribution in [0.15, 0.2) is 12.1 Å². The Kier molecular flexibility index (Phi) is 6.07. The molecule has 0 bridgehead atoms. The molecule has 7 heteroatoms. The van der Waals surface area contributed by atoms with Crippen molar-refractivity contribution in [1.29, 1.82) is 5.26 Å². The molecule has 0 saturated carbocycles. The predicted molar refractivity (Wildman–Crippen MR) is 108 cm³/mol. The number of fused-ring (bicyclic) bond motifs is 1. The molecule has 0 unspecified atom stereocenters. The first kappa shape index (κ1) is 22.4. The number of benzene rings is 1. The van der Waals surface area contributed by atoms with E-state index in [-0.39, 0.29) is 28.5 Å². The molecule has 1 aliphatic carbocycles. The van der Waals surface area contributed by atoms with Gasteiger partial charge in [0.25, 0.3) is 0 Å². The number of anilines is 1. The molecule has 0 aliphatic heterocycles. The number of Topliss-reactive ketones (excluding diaryl/α,β-unsaturated/α-hetero) is 1. The van der Waals surface area contributed by atoms with E-state index >= 15 is 0 Å². The molecule has 1 atom stereocenters. The van der Waals surface area contributed by atoms with Crippen LogP contribution in [0.5, 0.6) is 0 Å². The van der Waals surface area contributed by atoms with Crippen LogP contribution >= 0.6 is 0 Å². The Bertz CT molecular complexity index is 856.